The topological polar surface area (TPSA) is 100 Å². The van der Waals surface area contributed by atoms with E-state index in [1.165, 1.54) is 28.7 Å². The third-order valence-electron chi connectivity index (χ3n) is 7.90. The number of aryl methyl sites for hydroxylation is 1. The molecule has 0 aliphatic heterocycles. The Bertz CT molecular complexity index is 2160. The van der Waals surface area contributed by atoms with E-state index in [2.05, 4.69) is 40.8 Å². The fraction of sp³-hybridized carbons (Fsp3) is 0.122. The Kier molecular flexibility index (Phi) is 10.9. The molecule has 9 heteroatoms. The number of hydrogen-bond donors (Lipinski definition) is 3. The largest absolute Gasteiger partial charge is 0.321 e. The number of nitrogens with zero attached hydrogens (tertiary/aromatic N) is 1. The maximum absolute atomic E-state index is 13.8. The van der Waals surface area contributed by atoms with Crippen LogP contribution >= 0.6 is 23.1 Å². The van der Waals surface area contributed by atoms with E-state index in [0.29, 0.717) is 22.3 Å². The van der Waals surface area contributed by atoms with E-state index in [0.717, 1.165) is 31.8 Å². The van der Waals surface area contributed by atoms with E-state index >= 15 is 0 Å². The van der Waals surface area contributed by atoms with E-state index < -0.39 is 17.1 Å². The van der Waals surface area contributed by atoms with Crippen molar-refractivity contribution in [1.82, 2.24) is 10.3 Å². The van der Waals surface area contributed by atoms with Gasteiger partial charge in [-0.1, -0.05) is 110 Å². The molecule has 6 rings (SSSR count). The lowest BCUT2D eigenvalue weighted by molar-refractivity contribution is -0.116. The number of fused-ring (bicyclic) bond motifs is 1. The van der Waals surface area contributed by atoms with E-state index in [1.807, 2.05) is 97.9 Å². The summed E-state index contributed by atoms with van der Waals surface area (Å²) in [5.74, 6) is -0.713. The molecular formula is C41H36N4O3S2. The molecule has 3 N–H and O–H groups in total. The fourth-order valence-electron chi connectivity index (χ4n) is 5.22. The number of carbonyl (C=O) groups excluding carboxylic acids is 3. The molecular weight excluding hydrogens is 661 g/mol. The lowest BCUT2D eigenvalue weighted by Crippen LogP contribution is -2.30. The second-order valence-electron chi connectivity index (χ2n) is 12.1. The zero-order valence-electron chi connectivity index (χ0n) is 27.8. The van der Waals surface area contributed by atoms with Gasteiger partial charge in [0.05, 0.1) is 10.2 Å². The number of hydrogen-bond acceptors (Lipinski definition) is 6. The van der Waals surface area contributed by atoms with Crippen molar-refractivity contribution in [2.75, 3.05) is 10.6 Å². The second-order valence-corrected chi connectivity index (χ2v) is 14.3. The minimum Gasteiger partial charge on any atom is -0.321 e. The van der Waals surface area contributed by atoms with Crippen LogP contribution in [0, 0.1) is 6.92 Å². The Hall–Kier alpha value is -5.51. The van der Waals surface area contributed by atoms with Crippen LogP contribution in [0.15, 0.2) is 138 Å². The average molecular weight is 697 g/mol. The predicted molar refractivity (Wildman–Crippen MR) is 206 cm³/mol. The first kappa shape index (κ1) is 34.4. The molecule has 1 heterocycles. The fourth-order valence-corrected chi connectivity index (χ4v) is 7.28. The van der Waals surface area contributed by atoms with Crippen LogP contribution in [0.3, 0.4) is 0 Å². The maximum Gasteiger partial charge on any atom is 0.272 e. The Morgan fingerprint density at radius 1 is 0.760 bits per heavy atom. The summed E-state index contributed by atoms with van der Waals surface area (Å²) in [4.78, 5) is 46.1. The highest BCUT2D eigenvalue weighted by molar-refractivity contribution is 8.00. The summed E-state index contributed by atoms with van der Waals surface area (Å²) in [6.07, 6.45) is 1.66. The number of thiazole rings is 1. The van der Waals surface area contributed by atoms with Gasteiger partial charge in [-0.2, -0.15) is 0 Å². The molecule has 3 amide bonds. The monoisotopic (exact) mass is 696 g/mol. The summed E-state index contributed by atoms with van der Waals surface area (Å²) in [5, 5.41) is 8.72. The van der Waals surface area contributed by atoms with Gasteiger partial charge in [0.1, 0.15) is 10.9 Å². The molecule has 5 aromatic carbocycles. The van der Waals surface area contributed by atoms with Crippen molar-refractivity contribution in [3.63, 3.8) is 0 Å². The van der Waals surface area contributed by atoms with Gasteiger partial charge in [-0.15, -0.1) is 11.8 Å². The van der Waals surface area contributed by atoms with Crippen LogP contribution < -0.4 is 16.0 Å². The lowest BCUT2D eigenvalue weighted by atomic mass is 10.0. The Morgan fingerprint density at radius 3 is 2.20 bits per heavy atom. The molecule has 0 bridgehead atoms. The number of anilines is 2. The Morgan fingerprint density at radius 2 is 1.48 bits per heavy atom. The average Bonchev–Trinajstić information content (AvgIpc) is 3.52. The van der Waals surface area contributed by atoms with E-state index in [1.54, 1.807) is 36.4 Å². The van der Waals surface area contributed by atoms with Gasteiger partial charge < -0.3 is 16.0 Å². The van der Waals surface area contributed by atoms with Crippen LogP contribution in [0.4, 0.5) is 10.8 Å². The molecule has 1 unspecified atom stereocenters. The zero-order valence-corrected chi connectivity index (χ0v) is 29.5. The quantitative estimate of drug-likeness (QED) is 0.0926. The molecule has 0 saturated heterocycles. The molecule has 1 atom stereocenters. The van der Waals surface area contributed by atoms with Crippen molar-refractivity contribution in [3.05, 3.63) is 161 Å². The molecule has 0 spiro atoms. The highest BCUT2D eigenvalue weighted by Crippen LogP contribution is 2.38. The van der Waals surface area contributed by atoms with Crippen molar-refractivity contribution in [3.8, 4) is 0 Å². The molecule has 50 heavy (non-hydrogen) atoms. The summed E-state index contributed by atoms with van der Waals surface area (Å²) < 4.78 is 1.01. The molecule has 250 valence electrons. The third-order valence-corrected chi connectivity index (χ3v) is 10.1. The molecule has 0 saturated carbocycles. The van der Waals surface area contributed by atoms with Gasteiger partial charge >= 0.3 is 0 Å². The molecule has 7 nitrogen and oxygen atoms in total. The van der Waals surface area contributed by atoms with Crippen molar-refractivity contribution < 1.29 is 14.4 Å². The minimum atomic E-state index is -0.592. The van der Waals surface area contributed by atoms with Crippen LogP contribution in [0.2, 0.25) is 0 Å². The minimum absolute atomic E-state index is 0.0989. The summed E-state index contributed by atoms with van der Waals surface area (Å²) in [5.41, 5.74) is 5.80. The summed E-state index contributed by atoms with van der Waals surface area (Å²) in [7, 11) is 0. The van der Waals surface area contributed by atoms with Gasteiger partial charge in [0.15, 0.2) is 5.13 Å². The number of rotatable bonds is 11. The summed E-state index contributed by atoms with van der Waals surface area (Å²) in [6, 6.07) is 39.5. The molecule has 0 radical (unpaired) electrons. The molecule has 0 aliphatic rings. The first-order valence-corrected chi connectivity index (χ1v) is 17.9. The number of aromatic nitrogens is 1. The maximum atomic E-state index is 13.8. The first-order chi connectivity index (χ1) is 24.2. The number of amides is 3. The van der Waals surface area contributed by atoms with Crippen molar-refractivity contribution in [2.24, 2.45) is 0 Å². The van der Waals surface area contributed by atoms with Gasteiger partial charge in [-0.05, 0) is 83.6 Å². The second kappa shape index (κ2) is 15.8. The van der Waals surface area contributed by atoms with E-state index in [-0.39, 0.29) is 11.6 Å². The van der Waals surface area contributed by atoms with E-state index in [4.69, 9.17) is 0 Å². The van der Waals surface area contributed by atoms with Crippen molar-refractivity contribution in [2.45, 2.75) is 36.8 Å². The summed E-state index contributed by atoms with van der Waals surface area (Å²) >= 11 is 2.81. The van der Waals surface area contributed by atoms with Crippen LogP contribution in [0.1, 0.15) is 57.6 Å². The smallest absolute Gasteiger partial charge is 0.272 e. The van der Waals surface area contributed by atoms with Crippen molar-refractivity contribution >= 4 is 67.9 Å². The number of carbonyl (C=O) groups is 3. The zero-order chi connectivity index (χ0) is 35.0. The lowest BCUT2D eigenvalue weighted by Gasteiger charge is -2.17. The first-order valence-electron chi connectivity index (χ1n) is 16.2. The normalized spacial score (nSPS) is 12.0. The molecule has 6 aromatic rings. The van der Waals surface area contributed by atoms with Crippen LogP contribution in [0.5, 0.6) is 0 Å². The Labute approximate surface area is 299 Å². The highest BCUT2D eigenvalue weighted by atomic mass is 32.2. The number of benzene rings is 5. The molecule has 0 aliphatic carbocycles. The standard InChI is InChI=1S/C41H36N4O3S2/c1-26(2)29-20-18-28(19-21-29)24-35(43-38(46)31-13-8-5-9-14-31)39(47)42-32-15-10-16-33(25-32)49-37(30-11-6-4-7-12-30)40(48)45-41-44-34-22-17-27(3)23-36(34)50-41/h4-26,37H,1-3H3,(H,42,47)(H,43,46)(H,44,45,48)/b35-24+. The van der Waals surface area contributed by atoms with Gasteiger partial charge in [0.2, 0.25) is 5.91 Å². The molecule has 1 aromatic heterocycles. The third kappa shape index (κ3) is 8.74. The SMILES string of the molecule is Cc1ccc2nc(NC(=O)C(Sc3cccc(NC(=O)/C(=C\c4ccc(C(C)C)cc4)NC(=O)c4ccccc4)c3)c3ccccc3)sc2c1. The van der Waals surface area contributed by atoms with Gasteiger partial charge in [-0.3, -0.25) is 14.4 Å². The van der Waals surface area contributed by atoms with Crippen LogP contribution in [-0.4, -0.2) is 22.7 Å². The highest BCUT2D eigenvalue weighted by Gasteiger charge is 2.24. The Balaban J connectivity index is 1.23. The number of thioether (sulfide) groups is 1. The van der Waals surface area contributed by atoms with E-state index in [9.17, 15) is 14.4 Å². The van der Waals surface area contributed by atoms with Gasteiger partial charge in [-0.25, -0.2) is 4.98 Å². The van der Waals surface area contributed by atoms with Gasteiger partial charge in [0.25, 0.3) is 11.8 Å². The van der Waals surface area contributed by atoms with Crippen molar-refractivity contribution in [1.29, 1.82) is 0 Å². The molecule has 0 fully saturated rings. The predicted octanol–water partition coefficient (Wildman–Crippen LogP) is 9.61. The summed E-state index contributed by atoms with van der Waals surface area (Å²) in [6.45, 7) is 6.27. The van der Waals surface area contributed by atoms with Crippen LogP contribution in [-0.2, 0) is 9.59 Å². The van der Waals surface area contributed by atoms with Gasteiger partial charge in [0, 0.05) is 16.1 Å². The van der Waals surface area contributed by atoms with Crippen LogP contribution in [0.25, 0.3) is 16.3 Å². The number of nitrogens with one attached hydrogen (secondary N) is 3.